The van der Waals surface area contributed by atoms with Gasteiger partial charge in [0.25, 0.3) is 0 Å². The van der Waals surface area contributed by atoms with Crippen LogP contribution in [0.3, 0.4) is 0 Å². The molecule has 25 heavy (non-hydrogen) atoms. The number of anilines is 1. The van der Waals surface area contributed by atoms with Crippen molar-refractivity contribution in [2.45, 2.75) is 26.3 Å². The molecule has 2 aromatic rings. The van der Waals surface area contributed by atoms with Crippen LogP contribution in [0.5, 0.6) is 0 Å². The third-order valence-electron chi connectivity index (χ3n) is 3.78. The zero-order valence-electron chi connectivity index (χ0n) is 13.8. The Morgan fingerprint density at radius 2 is 2.12 bits per heavy atom. The molecule has 3 rings (SSSR count). The lowest BCUT2D eigenvalue weighted by molar-refractivity contribution is -0.115. The number of nitrogens with zero attached hydrogens (tertiary/aromatic N) is 2. The summed E-state index contributed by atoms with van der Waals surface area (Å²) >= 11 is 1.36. The molecule has 0 bridgehead atoms. The first-order valence-electron chi connectivity index (χ1n) is 7.99. The van der Waals surface area contributed by atoms with Gasteiger partial charge in [0.05, 0.1) is 25.3 Å². The van der Waals surface area contributed by atoms with Gasteiger partial charge in [-0.15, -0.1) is 0 Å². The fourth-order valence-electron chi connectivity index (χ4n) is 2.57. The fraction of sp³-hybridized carbons (Fsp3) is 0.353. The SMILES string of the molecule is CCOC(=O)N1CCc2nc(NC(=O)Cc3ccc(F)cc3)sc2C1. The molecule has 0 radical (unpaired) electrons. The van der Waals surface area contributed by atoms with E-state index in [2.05, 4.69) is 10.3 Å². The molecule has 0 unspecified atom stereocenters. The van der Waals surface area contributed by atoms with Crippen molar-refractivity contribution >= 4 is 28.5 Å². The van der Waals surface area contributed by atoms with Crippen LogP contribution in [-0.2, 0) is 28.9 Å². The second-order valence-electron chi connectivity index (χ2n) is 5.61. The van der Waals surface area contributed by atoms with Crippen molar-refractivity contribution in [2.75, 3.05) is 18.5 Å². The average Bonchev–Trinajstić information content (AvgIpc) is 2.98. The Balaban J connectivity index is 1.60. The molecule has 0 spiro atoms. The highest BCUT2D eigenvalue weighted by Crippen LogP contribution is 2.28. The number of aromatic nitrogens is 1. The van der Waals surface area contributed by atoms with Crippen LogP contribution in [0.2, 0.25) is 0 Å². The molecule has 8 heteroatoms. The van der Waals surface area contributed by atoms with Gasteiger partial charge in [-0.25, -0.2) is 14.2 Å². The highest BCUT2D eigenvalue weighted by molar-refractivity contribution is 7.15. The van der Waals surface area contributed by atoms with Crippen LogP contribution in [0.4, 0.5) is 14.3 Å². The lowest BCUT2D eigenvalue weighted by Crippen LogP contribution is -2.35. The first-order valence-corrected chi connectivity index (χ1v) is 8.81. The predicted molar refractivity (Wildman–Crippen MR) is 92.0 cm³/mol. The maximum absolute atomic E-state index is 12.9. The van der Waals surface area contributed by atoms with E-state index in [-0.39, 0.29) is 24.2 Å². The maximum atomic E-state index is 12.9. The molecular formula is C17H18FN3O3S. The van der Waals surface area contributed by atoms with Crippen molar-refractivity contribution in [3.05, 3.63) is 46.2 Å². The first kappa shape index (κ1) is 17.3. The third kappa shape index (κ3) is 4.33. The number of benzene rings is 1. The van der Waals surface area contributed by atoms with E-state index in [4.69, 9.17) is 4.74 Å². The molecule has 6 nitrogen and oxygen atoms in total. The number of thiazole rings is 1. The standard InChI is InChI=1S/C17H18FN3O3S/c1-2-24-17(23)21-8-7-13-14(10-21)25-16(19-13)20-15(22)9-11-3-5-12(18)6-4-11/h3-6H,2,7-10H2,1H3,(H,19,20,22). The maximum Gasteiger partial charge on any atom is 0.410 e. The Hall–Kier alpha value is -2.48. The lowest BCUT2D eigenvalue weighted by atomic mass is 10.1. The number of hydrogen-bond acceptors (Lipinski definition) is 5. The summed E-state index contributed by atoms with van der Waals surface area (Å²) < 4.78 is 17.9. The van der Waals surface area contributed by atoms with Gasteiger partial charge in [-0.2, -0.15) is 0 Å². The molecule has 2 heterocycles. The van der Waals surface area contributed by atoms with E-state index in [1.807, 2.05) is 0 Å². The minimum absolute atomic E-state index is 0.152. The van der Waals surface area contributed by atoms with Crippen molar-refractivity contribution in [3.8, 4) is 0 Å². The lowest BCUT2D eigenvalue weighted by Gasteiger charge is -2.24. The number of hydrogen-bond donors (Lipinski definition) is 1. The van der Waals surface area contributed by atoms with Crippen LogP contribution in [0.25, 0.3) is 0 Å². The summed E-state index contributed by atoms with van der Waals surface area (Å²) in [5.41, 5.74) is 1.64. The smallest absolute Gasteiger partial charge is 0.410 e. The molecule has 0 aliphatic carbocycles. The molecule has 0 fully saturated rings. The zero-order chi connectivity index (χ0) is 17.8. The van der Waals surface area contributed by atoms with Crippen LogP contribution >= 0.6 is 11.3 Å². The minimum atomic E-state index is -0.331. The molecule has 1 N–H and O–H groups in total. The summed E-state index contributed by atoms with van der Waals surface area (Å²) in [5, 5.41) is 3.29. The van der Waals surface area contributed by atoms with E-state index in [1.54, 1.807) is 24.0 Å². The number of fused-ring (bicyclic) bond motifs is 1. The summed E-state index contributed by atoms with van der Waals surface area (Å²) in [5.74, 6) is -0.539. The Morgan fingerprint density at radius 1 is 1.36 bits per heavy atom. The fourth-order valence-corrected chi connectivity index (χ4v) is 3.61. The van der Waals surface area contributed by atoms with Crippen LogP contribution in [0, 0.1) is 5.82 Å². The summed E-state index contributed by atoms with van der Waals surface area (Å²) in [6, 6.07) is 5.82. The summed E-state index contributed by atoms with van der Waals surface area (Å²) in [6.45, 7) is 3.11. The van der Waals surface area contributed by atoms with Gasteiger partial charge < -0.3 is 15.0 Å². The van der Waals surface area contributed by atoms with Gasteiger partial charge in [0, 0.05) is 17.8 Å². The van der Waals surface area contributed by atoms with Crippen molar-refractivity contribution in [3.63, 3.8) is 0 Å². The summed E-state index contributed by atoms with van der Waals surface area (Å²) in [7, 11) is 0. The molecule has 1 aliphatic rings. The van der Waals surface area contributed by atoms with E-state index in [0.29, 0.717) is 31.2 Å². The van der Waals surface area contributed by atoms with E-state index in [0.717, 1.165) is 16.1 Å². The normalized spacial score (nSPS) is 13.3. The van der Waals surface area contributed by atoms with Crippen molar-refractivity contribution in [1.29, 1.82) is 0 Å². The Morgan fingerprint density at radius 3 is 2.84 bits per heavy atom. The highest BCUT2D eigenvalue weighted by atomic mass is 32.1. The molecule has 1 aromatic heterocycles. The number of carbonyl (C=O) groups is 2. The van der Waals surface area contributed by atoms with Crippen LogP contribution in [0.1, 0.15) is 23.1 Å². The van der Waals surface area contributed by atoms with Crippen molar-refractivity contribution in [2.24, 2.45) is 0 Å². The van der Waals surface area contributed by atoms with Crippen molar-refractivity contribution in [1.82, 2.24) is 9.88 Å². The van der Waals surface area contributed by atoms with Crippen LogP contribution in [0.15, 0.2) is 24.3 Å². The van der Waals surface area contributed by atoms with Gasteiger partial charge >= 0.3 is 6.09 Å². The average molecular weight is 363 g/mol. The number of carbonyl (C=O) groups excluding carboxylic acids is 2. The van der Waals surface area contributed by atoms with Gasteiger partial charge in [-0.3, -0.25) is 4.79 Å². The highest BCUT2D eigenvalue weighted by Gasteiger charge is 2.25. The van der Waals surface area contributed by atoms with Gasteiger partial charge in [0.1, 0.15) is 5.82 Å². The number of halogens is 1. The Bertz CT molecular complexity index is 776. The van der Waals surface area contributed by atoms with Crippen LogP contribution < -0.4 is 5.32 Å². The second kappa shape index (κ2) is 7.60. The number of amides is 2. The molecule has 1 aliphatic heterocycles. The third-order valence-corrected chi connectivity index (χ3v) is 4.78. The van der Waals surface area contributed by atoms with E-state index < -0.39 is 0 Å². The Labute approximate surface area is 148 Å². The first-order chi connectivity index (χ1) is 12.0. The summed E-state index contributed by atoms with van der Waals surface area (Å²) in [6.07, 6.45) is 0.459. The Kier molecular flexibility index (Phi) is 5.28. The second-order valence-corrected chi connectivity index (χ2v) is 6.69. The number of nitrogens with one attached hydrogen (secondary N) is 1. The van der Waals surface area contributed by atoms with Gasteiger partial charge in [-0.1, -0.05) is 23.5 Å². The monoisotopic (exact) mass is 363 g/mol. The van der Waals surface area contributed by atoms with Crippen molar-refractivity contribution < 1.29 is 18.7 Å². The van der Waals surface area contributed by atoms with E-state index >= 15 is 0 Å². The van der Waals surface area contributed by atoms with E-state index in [9.17, 15) is 14.0 Å². The largest absolute Gasteiger partial charge is 0.450 e. The van der Waals surface area contributed by atoms with Gasteiger partial charge in [0.15, 0.2) is 5.13 Å². The summed E-state index contributed by atoms with van der Waals surface area (Å²) in [4.78, 5) is 30.9. The molecule has 132 valence electrons. The molecule has 2 amide bonds. The van der Waals surface area contributed by atoms with Gasteiger partial charge in [-0.05, 0) is 24.6 Å². The van der Waals surface area contributed by atoms with Crippen LogP contribution in [-0.4, -0.2) is 35.0 Å². The molecule has 0 saturated carbocycles. The molecule has 0 atom stereocenters. The quantitative estimate of drug-likeness (QED) is 0.907. The number of ether oxygens (including phenoxy) is 1. The topological polar surface area (TPSA) is 71.5 Å². The van der Waals surface area contributed by atoms with Gasteiger partial charge in [0.2, 0.25) is 5.91 Å². The number of rotatable bonds is 4. The molecule has 1 aromatic carbocycles. The molecule has 0 saturated heterocycles. The zero-order valence-corrected chi connectivity index (χ0v) is 14.6. The predicted octanol–water partition coefficient (Wildman–Crippen LogP) is 2.98. The minimum Gasteiger partial charge on any atom is -0.450 e. The molecular weight excluding hydrogens is 345 g/mol. The van der Waals surface area contributed by atoms with E-state index in [1.165, 1.54) is 23.5 Å².